The lowest BCUT2D eigenvalue weighted by Crippen LogP contribution is -2.40. The molecule has 4 heterocycles. The van der Waals surface area contributed by atoms with E-state index in [1.165, 1.54) is 6.33 Å². The standard InChI is InChI=1S/C16H25BN6O5P/c17-29(25)26-7-10-13(28-29)12(24)16(27-10)23-9-22-11-14(20-8-21-15(11)23)19-6-4-2-1-3-5-18/h8-10,12-13,16,24-25H,1-7,18H2,(H,19,20,21)/q+1/t10-,12-,13-,16-,29?/m1/s1. The van der Waals surface area contributed by atoms with Gasteiger partial charge in [-0.1, -0.05) is 12.8 Å². The van der Waals surface area contributed by atoms with E-state index in [1.54, 1.807) is 10.9 Å². The van der Waals surface area contributed by atoms with Gasteiger partial charge in [0, 0.05) is 6.54 Å². The van der Waals surface area contributed by atoms with Crippen LogP contribution in [0, 0.1) is 0 Å². The van der Waals surface area contributed by atoms with Crippen molar-refractivity contribution in [2.45, 2.75) is 50.2 Å². The van der Waals surface area contributed by atoms with Gasteiger partial charge in [-0.05, 0) is 19.4 Å². The molecule has 1 unspecified atom stereocenters. The first-order valence-electron chi connectivity index (χ1n) is 9.68. The van der Waals surface area contributed by atoms with Crippen LogP contribution in [0.25, 0.3) is 11.2 Å². The van der Waals surface area contributed by atoms with Gasteiger partial charge in [-0.2, -0.15) is 9.05 Å². The maximum atomic E-state index is 10.7. The zero-order chi connectivity index (χ0) is 20.4. The lowest BCUT2D eigenvalue weighted by molar-refractivity contribution is -0.0603. The van der Waals surface area contributed by atoms with E-state index >= 15 is 0 Å². The minimum atomic E-state index is -3.43. The Balaban J connectivity index is 1.47. The SMILES string of the molecule is [B][P+]1(O)OC[C@H]2O[C@@H](n3cnc4c(NCCCCCCN)ncnc43)[C@H](O)[C@@H]2O1. The summed E-state index contributed by atoms with van der Waals surface area (Å²) in [5.74, 6) is 0.624. The van der Waals surface area contributed by atoms with Crippen LogP contribution in [0.4, 0.5) is 5.82 Å². The largest absolute Gasteiger partial charge is 0.488 e. The van der Waals surface area contributed by atoms with Crippen LogP contribution < -0.4 is 11.1 Å². The molecule has 156 valence electrons. The van der Waals surface area contributed by atoms with Crippen molar-refractivity contribution in [3.8, 4) is 0 Å². The summed E-state index contributed by atoms with van der Waals surface area (Å²) in [6, 6.07) is 0. The van der Waals surface area contributed by atoms with Gasteiger partial charge in [0.1, 0.15) is 25.1 Å². The Morgan fingerprint density at radius 3 is 2.93 bits per heavy atom. The molecule has 2 saturated heterocycles. The number of aliphatic hydroxyl groups excluding tert-OH is 1. The van der Waals surface area contributed by atoms with Crippen LogP contribution in [-0.4, -0.2) is 75.1 Å². The minimum absolute atomic E-state index is 0.0393. The van der Waals surface area contributed by atoms with Gasteiger partial charge in [-0.15, -0.1) is 0 Å². The molecule has 2 aliphatic rings. The van der Waals surface area contributed by atoms with Gasteiger partial charge in [0.15, 0.2) is 29.3 Å². The summed E-state index contributed by atoms with van der Waals surface area (Å²) in [4.78, 5) is 22.8. The molecule has 0 aromatic carbocycles. The van der Waals surface area contributed by atoms with Crippen LogP contribution in [0.2, 0.25) is 0 Å². The monoisotopic (exact) mass is 423 g/mol. The molecule has 2 radical (unpaired) electrons. The van der Waals surface area contributed by atoms with Gasteiger partial charge in [-0.3, -0.25) is 4.57 Å². The highest BCUT2D eigenvalue weighted by Crippen LogP contribution is 2.58. The number of nitrogens with one attached hydrogen (secondary N) is 1. The van der Waals surface area contributed by atoms with Crippen LogP contribution in [-0.2, 0) is 13.8 Å². The third-order valence-corrected chi connectivity index (χ3v) is 6.13. The molecule has 29 heavy (non-hydrogen) atoms. The Kier molecular flexibility index (Phi) is 6.31. The molecule has 0 spiro atoms. The van der Waals surface area contributed by atoms with E-state index in [0.29, 0.717) is 17.0 Å². The number of hydrogen-bond donors (Lipinski definition) is 4. The molecule has 0 saturated carbocycles. The van der Waals surface area contributed by atoms with Crippen molar-refractivity contribution in [3.63, 3.8) is 0 Å². The maximum absolute atomic E-state index is 10.7. The van der Waals surface area contributed by atoms with Crippen LogP contribution in [0.15, 0.2) is 12.7 Å². The van der Waals surface area contributed by atoms with Gasteiger partial charge in [0.2, 0.25) is 0 Å². The van der Waals surface area contributed by atoms with E-state index in [4.69, 9.17) is 27.1 Å². The zero-order valence-electron chi connectivity index (χ0n) is 15.9. The van der Waals surface area contributed by atoms with Crippen molar-refractivity contribution < 1.29 is 23.8 Å². The Hall–Kier alpha value is -1.40. The molecule has 5 atom stereocenters. The molecule has 13 heteroatoms. The Labute approximate surface area is 169 Å². The number of unbranched alkanes of at least 4 members (excludes halogenated alkanes) is 3. The molecular formula is C16H25BN6O5P+. The summed E-state index contributed by atoms with van der Waals surface area (Å²) >= 11 is 0. The summed E-state index contributed by atoms with van der Waals surface area (Å²) in [6.07, 6.45) is 4.02. The molecule has 2 aromatic rings. The van der Waals surface area contributed by atoms with Gasteiger partial charge in [0.25, 0.3) is 0 Å². The van der Waals surface area contributed by atoms with E-state index < -0.39 is 32.4 Å². The molecule has 11 nitrogen and oxygen atoms in total. The number of nitrogens with zero attached hydrogens (tertiary/aromatic N) is 4. The predicted octanol–water partition coefficient (Wildman–Crippen LogP) is 0.269. The molecule has 0 amide bonds. The van der Waals surface area contributed by atoms with Gasteiger partial charge < -0.3 is 20.9 Å². The van der Waals surface area contributed by atoms with Crippen molar-refractivity contribution >= 4 is 32.4 Å². The van der Waals surface area contributed by atoms with Gasteiger partial charge >= 0.3 is 15.4 Å². The Morgan fingerprint density at radius 1 is 1.28 bits per heavy atom. The molecule has 2 aliphatic heterocycles. The Bertz CT molecular complexity index is 841. The molecule has 2 fully saturated rings. The maximum Gasteiger partial charge on any atom is 0.488 e. The fourth-order valence-corrected chi connectivity index (χ4v) is 4.63. The molecule has 0 bridgehead atoms. The van der Waals surface area contributed by atoms with E-state index in [-0.39, 0.29) is 6.61 Å². The number of rotatable bonds is 8. The molecular weight excluding hydrogens is 398 g/mol. The normalized spacial score (nSPS) is 31.8. The third-order valence-electron chi connectivity index (χ3n) is 5.06. The first-order chi connectivity index (χ1) is 14.0. The first kappa shape index (κ1) is 20.9. The predicted molar refractivity (Wildman–Crippen MR) is 107 cm³/mol. The molecule has 5 N–H and O–H groups in total. The van der Waals surface area contributed by atoms with Crippen LogP contribution in [0.3, 0.4) is 0 Å². The highest BCUT2D eigenvalue weighted by molar-refractivity contribution is 7.85. The summed E-state index contributed by atoms with van der Waals surface area (Å²) in [6.45, 7) is 1.52. The Morgan fingerprint density at radius 2 is 2.10 bits per heavy atom. The molecule has 4 rings (SSSR count). The number of imidazole rings is 1. The van der Waals surface area contributed by atoms with E-state index in [1.807, 2.05) is 0 Å². The number of aliphatic hydroxyl groups is 1. The summed E-state index contributed by atoms with van der Waals surface area (Å²) in [7, 11) is 2.12. The summed E-state index contributed by atoms with van der Waals surface area (Å²) in [5.41, 5.74) is 6.61. The topological polar surface area (TPSA) is 150 Å². The zero-order valence-corrected chi connectivity index (χ0v) is 16.8. The van der Waals surface area contributed by atoms with Crippen LogP contribution >= 0.6 is 7.82 Å². The van der Waals surface area contributed by atoms with E-state index in [2.05, 4.69) is 20.3 Å². The first-order valence-corrected chi connectivity index (χ1v) is 11.3. The fraction of sp³-hybridized carbons (Fsp3) is 0.688. The average Bonchev–Trinajstić information content (AvgIpc) is 3.26. The van der Waals surface area contributed by atoms with Crippen molar-refractivity contribution in [1.82, 2.24) is 19.5 Å². The van der Waals surface area contributed by atoms with E-state index in [9.17, 15) is 10.00 Å². The number of ether oxygens (including phenoxy) is 1. The number of aromatic nitrogens is 4. The number of hydrogen-bond acceptors (Lipinski definition) is 10. The molecule has 2 aromatic heterocycles. The quantitative estimate of drug-likeness (QED) is 0.265. The highest BCUT2D eigenvalue weighted by atomic mass is 31.2. The van der Waals surface area contributed by atoms with Crippen molar-refractivity contribution in [2.24, 2.45) is 5.73 Å². The fourth-order valence-electron chi connectivity index (χ4n) is 3.60. The molecule has 0 aliphatic carbocycles. The average molecular weight is 423 g/mol. The second-order valence-electron chi connectivity index (χ2n) is 7.16. The number of nitrogens with two attached hydrogens (primary N) is 1. The van der Waals surface area contributed by atoms with Crippen molar-refractivity contribution in [3.05, 3.63) is 12.7 Å². The van der Waals surface area contributed by atoms with Crippen molar-refractivity contribution in [1.29, 1.82) is 0 Å². The highest BCUT2D eigenvalue weighted by Gasteiger charge is 2.56. The van der Waals surface area contributed by atoms with Gasteiger partial charge in [0.05, 0.1) is 6.33 Å². The third kappa shape index (κ3) is 4.39. The van der Waals surface area contributed by atoms with Crippen molar-refractivity contribution in [2.75, 3.05) is 25.0 Å². The van der Waals surface area contributed by atoms with Crippen LogP contribution in [0.1, 0.15) is 31.9 Å². The second kappa shape index (κ2) is 8.77. The minimum Gasteiger partial charge on any atom is -0.385 e. The number of fused-ring (bicyclic) bond motifs is 2. The van der Waals surface area contributed by atoms with Gasteiger partial charge in [-0.25, -0.2) is 19.8 Å². The van der Waals surface area contributed by atoms with Crippen LogP contribution in [0.5, 0.6) is 0 Å². The second-order valence-corrected chi connectivity index (χ2v) is 8.76. The van der Waals surface area contributed by atoms with E-state index in [0.717, 1.165) is 38.8 Å². The smallest absolute Gasteiger partial charge is 0.385 e. The lowest BCUT2D eigenvalue weighted by atomic mass is 10.1. The summed E-state index contributed by atoms with van der Waals surface area (Å²) in [5, 5.41) is 14.0. The lowest BCUT2D eigenvalue weighted by Gasteiger charge is -2.27. The summed E-state index contributed by atoms with van der Waals surface area (Å²) < 4.78 is 17.9. The number of anilines is 1.